The van der Waals surface area contributed by atoms with Crippen molar-refractivity contribution in [3.05, 3.63) is 53.2 Å². The van der Waals surface area contributed by atoms with Crippen LogP contribution in [0.3, 0.4) is 0 Å². The second-order valence-corrected chi connectivity index (χ2v) is 5.67. The number of rotatable bonds is 1. The minimum absolute atomic E-state index is 0.598. The van der Waals surface area contributed by atoms with E-state index in [1.165, 1.54) is 0 Å². The molecule has 0 unspecified atom stereocenters. The van der Waals surface area contributed by atoms with Gasteiger partial charge in [0.2, 0.25) is 0 Å². The molecule has 1 saturated heterocycles. The van der Waals surface area contributed by atoms with Crippen molar-refractivity contribution in [1.82, 2.24) is 0 Å². The van der Waals surface area contributed by atoms with Gasteiger partial charge in [-0.1, -0.05) is 29.5 Å². The van der Waals surface area contributed by atoms with Gasteiger partial charge < -0.3 is 14.4 Å². The average Bonchev–Trinajstić information content (AvgIpc) is 3.01. The van der Waals surface area contributed by atoms with Crippen molar-refractivity contribution in [3.8, 4) is 11.8 Å². The Labute approximate surface area is 129 Å². The lowest BCUT2D eigenvalue weighted by molar-refractivity contribution is 0.0738. The van der Waals surface area contributed by atoms with Gasteiger partial charge in [-0.15, -0.1) is 0 Å². The van der Waals surface area contributed by atoms with Crippen LogP contribution in [-0.2, 0) is 0 Å². The van der Waals surface area contributed by atoms with Gasteiger partial charge in [0.05, 0.1) is 6.26 Å². The van der Waals surface area contributed by atoms with E-state index in [1.807, 2.05) is 30.3 Å². The van der Waals surface area contributed by atoms with E-state index in [1.54, 1.807) is 12.3 Å². The van der Waals surface area contributed by atoms with Crippen molar-refractivity contribution in [3.63, 3.8) is 0 Å². The number of furan rings is 1. The third-order valence-electron chi connectivity index (χ3n) is 3.67. The minimum Gasteiger partial charge on any atom is -0.449 e. The summed E-state index contributed by atoms with van der Waals surface area (Å²) in [6.45, 7) is 1.46. The Balaban J connectivity index is 1.67. The van der Waals surface area contributed by atoms with Crippen LogP contribution >= 0.6 is 11.6 Å². The Morgan fingerprint density at radius 3 is 2.67 bits per heavy atom. The monoisotopic (exact) mass is 301 g/mol. The molecule has 108 valence electrons. The highest BCUT2D eigenvalue weighted by Crippen LogP contribution is 2.26. The fourth-order valence-electron chi connectivity index (χ4n) is 2.43. The molecular formula is C17H16ClNO2. The number of benzene rings is 1. The highest BCUT2D eigenvalue weighted by atomic mass is 35.5. The number of nitrogens with zero attached hydrogens (tertiary/aromatic N) is 1. The summed E-state index contributed by atoms with van der Waals surface area (Å²) in [7, 11) is 0. The SMILES string of the molecule is OC1(C#Cc2cccc(Cl)c2)CCN(c2ccco2)CC1. The quantitative estimate of drug-likeness (QED) is 0.821. The molecule has 0 atom stereocenters. The summed E-state index contributed by atoms with van der Waals surface area (Å²) in [6, 6.07) is 11.2. The van der Waals surface area contributed by atoms with Crippen molar-refractivity contribution >= 4 is 17.5 Å². The smallest absolute Gasteiger partial charge is 0.195 e. The van der Waals surface area contributed by atoms with Gasteiger partial charge >= 0.3 is 0 Å². The van der Waals surface area contributed by atoms with E-state index in [2.05, 4.69) is 16.7 Å². The molecule has 1 fully saturated rings. The van der Waals surface area contributed by atoms with Crippen molar-refractivity contribution in [1.29, 1.82) is 0 Å². The third-order valence-corrected chi connectivity index (χ3v) is 3.91. The first-order valence-electron chi connectivity index (χ1n) is 6.94. The van der Waals surface area contributed by atoms with Gasteiger partial charge in [0.1, 0.15) is 5.60 Å². The topological polar surface area (TPSA) is 36.6 Å². The van der Waals surface area contributed by atoms with Gasteiger partial charge in [-0.25, -0.2) is 0 Å². The summed E-state index contributed by atoms with van der Waals surface area (Å²) in [6.07, 6.45) is 2.86. The maximum Gasteiger partial charge on any atom is 0.195 e. The molecule has 0 aliphatic carbocycles. The highest BCUT2D eigenvalue weighted by molar-refractivity contribution is 6.30. The van der Waals surface area contributed by atoms with E-state index in [4.69, 9.17) is 16.0 Å². The van der Waals surface area contributed by atoms with Crippen LogP contribution in [0, 0.1) is 11.8 Å². The van der Waals surface area contributed by atoms with Crippen LogP contribution in [0.25, 0.3) is 0 Å². The minimum atomic E-state index is -0.939. The Hall–Kier alpha value is -1.89. The Morgan fingerprint density at radius 2 is 2.00 bits per heavy atom. The van der Waals surface area contributed by atoms with Crippen LogP contribution in [0.15, 0.2) is 47.1 Å². The van der Waals surface area contributed by atoms with Gasteiger partial charge in [-0.2, -0.15) is 0 Å². The van der Waals surface area contributed by atoms with Gasteiger partial charge in [0.25, 0.3) is 0 Å². The van der Waals surface area contributed by atoms with Crippen LogP contribution in [0.2, 0.25) is 5.02 Å². The van der Waals surface area contributed by atoms with Crippen molar-refractivity contribution in [2.24, 2.45) is 0 Å². The van der Waals surface area contributed by atoms with Gasteiger partial charge in [0, 0.05) is 42.6 Å². The molecule has 1 N–H and O–H groups in total. The number of anilines is 1. The van der Waals surface area contributed by atoms with Crippen molar-refractivity contribution in [2.45, 2.75) is 18.4 Å². The fraction of sp³-hybridized carbons (Fsp3) is 0.294. The molecule has 0 radical (unpaired) electrons. The molecule has 1 aromatic heterocycles. The second-order valence-electron chi connectivity index (χ2n) is 5.23. The predicted molar refractivity (Wildman–Crippen MR) is 83.4 cm³/mol. The highest BCUT2D eigenvalue weighted by Gasteiger charge is 2.31. The number of piperidine rings is 1. The van der Waals surface area contributed by atoms with Gasteiger partial charge in [-0.05, 0) is 24.3 Å². The summed E-state index contributed by atoms with van der Waals surface area (Å²) >= 11 is 5.93. The van der Waals surface area contributed by atoms with Crippen LogP contribution in [0.1, 0.15) is 18.4 Å². The second kappa shape index (κ2) is 5.85. The normalized spacial score (nSPS) is 17.1. The summed E-state index contributed by atoms with van der Waals surface area (Å²) in [5.74, 6) is 6.86. The molecule has 2 aromatic rings. The maximum absolute atomic E-state index is 10.6. The number of halogens is 1. The van der Waals surface area contributed by atoms with Crippen LogP contribution in [0.4, 0.5) is 5.88 Å². The molecule has 0 saturated carbocycles. The molecule has 1 aliphatic rings. The molecule has 1 aromatic carbocycles. The molecule has 3 rings (SSSR count). The Kier molecular flexibility index (Phi) is 3.92. The average molecular weight is 302 g/mol. The third kappa shape index (κ3) is 3.41. The molecule has 0 spiro atoms. The molecule has 0 bridgehead atoms. The lowest BCUT2D eigenvalue weighted by Crippen LogP contribution is -2.43. The standard InChI is InChI=1S/C17H16ClNO2/c18-15-4-1-3-14(13-15)6-7-17(20)8-10-19(11-9-17)16-5-2-12-21-16/h1-5,12-13,20H,8-11H2. The zero-order valence-corrected chi connectivity index (χ0v) is 12.3. The molecule has 0 amide bonds. The van der Waals surface area contributed by atoms with Gasteiger partial charge in [-0.3, -0.25) is 0 Å². The zero-order valence-electron chi connectivity index (χ0n) is 11.6. The molecule has 21 heavy (non-hydrogen) atoms. The maximum atomic E-state index is 10.6. The van der Waals surface area contributed by atoms with E-state index < -0.39 is 5.60 Å². The van der Waals surface area contributed by atoms with Crippen LogP contribution < -0.4 is 4.90 Å². The van der Waals surface area contributed by atoms with Crippen molar-refractivity contribution < 1.29 is 9.52 Å². The van der Waals surface area contributed by atoms with E-state index >= 15 is 0 Å². The van der Waals surface area contributed by atoms with Crippen LogP contribution in [0.5, 0.6) is 0 Å². The molecule has 2 heterocycles. The van der Waals surface area contributed by atoms with Crippen LogP contribution in [-0.4, -0.2) is 23.8 Å². The van der Waals surface area contributed by atoms with Gasteiger partial charge in [0.15, 0.2) is 5.88 Å². The summed E-state index contributed by atoms with van der Waals surface area (Å²) in [5, 5.41) is 11.2. The van der Waals surface area contributed by atoms with Crippen molar-refractivity contribution in [2.75, 3.05) is 18.0 Å². The fourth-order valence-corrected chi connectivity index (χ4v) is 2.62. The first-order valence-corrected chi connectivity index (χ1v) is 7.32. The molecular weight excluding hydrogens is 286 g/mol. The molecule has 1 aliphatic heterocycles. The van der Waals surface area contributed by atoms with E-state index in [-0.39, 0.29) is 0 Å². The summed E-state index contributed by atoms with van der Waals surface area (Å²) in [4.78, 5) is 2.12. The predicted octanol–water partition coefficient (Wildman–Crippen LogP) is 3.32. The molecule has 4 heteroatoms. The Bertz CT molecular complexity index is 662. The molecule has 3 nitrogen and oxygen atoms in total. The largest absolute Gasteiger partial charge is 0.449 e. The lowest BCUT2D eigenvalue weighted by Gasteiger charge is -2.34. The zero-order chi connectivity index (χ0) is 14.7. The first-order chi connectivity index (χ1) is 10.1. The number of aliphatic hydroxyl groups is 1. The Morgan fingerprint density at radius 1 is 1.19 bits per heavy atom. The van der Waals surface area contributed by atoms with E-state index in [0.29, 0.717) is 17.9 Å². The summed E-state index contributed by atoms with van der Waals surface area (Å²) in [5.41, 5.74) is -0.116. The number of hydrogen-bond donors (Lipinski definition) is 1. The summed E-state index contributed by atoms with van der Waals surface area (Å²) < 4.78 is 5.38. The van der Waals surface area contributed by atoms with E-state index in [9.17, 15) is 5.11 Å². The lowest BCUT2D eigenvalue weighted by atomic mass is 9.92. The number of hydrogen-bond acceptors (Lipinski definition) is 3. The first kappa shape index (κ1) is 14.1. The van der Waals surface area contributed by atoms with E-state index in [0.717, 1.165) is 24.5 Å².